The Morgan fingerprint density at radius 3 is 2.81 bits per heavy atom. The first kappa shape index (κ1) is 21.3. The molecule has 3 aliphatic rings. The van der Waals surface area contributed by atoms with Crippen molar-refractivity contribution in [1.82, 2.24) is 9.55 Å². The topological polar surface area (TPSA) is 91.7 Å². The van der Waals surface area contributed by atoms with Crippen LogP contribution < -0.4 is 20.5 Å². The minimum atomic E-state index is -0.240. The van der Waals surface area contributed by atoms with Gasteiger partial charge in [-0.05, 0) is 50.7 Å². The summed E-state index contributed by atoms with van der Waals surface area (Å²) in [5, 5.41) is 3.58. The van der Waals surface area contributed by atoms with Crippen LogP contribution in [-0.2, 0) is 28.9 Å². The summed E-state index contributed by atoms with van der Waals surface area (Å²) in [4.78, 5) is 29.8. The number of amides is 1. The van der Waals surface area contributed by atoms with Gasteiger partial charge >= 0.3 is 5.69 Å². The van der Waals surface area contributed by atoms with Gasteiger partial charge in [0.15, 0.2) is 11.5 Å². The van der Waals surface area contributed by atoms with Crippen molar-refractivity contribution >= 4 is 23.4 Å². The van der Waals surface area contributed by atoms with Gasteiger partial charge in [-0.2, -0.15) is 4.98 Å². The van der Waals surface area contributed by atoms with Gasteiger partial charge in [-0.3, -0.25) is 9.36 Å². The van der Waals surface area contributed by atoms with Crippen molar-refractivity contribution in [3.8, 4) is 11.5 Å². The van der Waals surface area contributed by atoms with Crippen molar-refractivity contribution in [3.05, 3.63) is 39.9 Å². The summed E-state index contributed by atoms with van der Waals surface area (Å²) < 4.78 is 18.6. The molecule has 3 heterocycles. The summed E-state index contributed by atoms with van der Waals surface area (Å²) in [5.74, 6) is 1.35. The SMILES string of the molecule is O=C(CSc1nc(=O)n(C[C@@H]2CCCO2)c2c1CCCC2)Nc1ccc2c(c1)OCCO2. The van der Waals surface area contributed by atoms with E-state index in [1.54, 1.807) is 18.2 Å². The fourth-order valence-corrected chi connectivity index (χ4v) is 5.38. The number of ether oxygens (including phenoxy) is 3. The maximum Gasteiger partial charge on any atom is 0.348 e. The Balaban J connectivity index is 1.28. The molecule has 0 bridgehead atoms. The van der Waals surface area contributed by atoms with E-state index in [4.69, 9.17) is 14.2 Å². The minimum Gasteiger partial charge on any atom is -0.486 e. The van der Waals surface area contributed by atoms with Crippen LogP contribution in [0.4, 0.5) is 5.69 Å². The summed E-state index contributed by atoms with van der Waals surface area (Å²) in [6.07, 6.45) is 6.02. The molecule has 8 nitrogen and oxygen atoms in total. The first-order valence-electron chi connectivity index (χ1n) is 11.2. The molecule has 2 aromatic rings. The third kappa shape index (κ3) is 4.63. The number of fused-ring (bicyclic) bond motifs is 2. The second-order valence-electron chi connectivity index (χ2n) is 8.27. The molecule has 1 atom stereocenters. The van der Waals surface area contributed by atoms with Crippen LogP contribution in [0.1, 0.15) is 36.9 Å². The first-order chi connectivity index (χ1) is 15.7. The number of nitrogens with one attached hydrogen (secondary N) is 1. The van der Waals surface area contributed by atoms with E-state index < -0.39 is 0 Å². The summed E-state index contributed by atoms with van der Waals surface area (Å²) in [5.41, 5.74) is 2.60. The van der Waals surface area contributed by atoms with Crippen LogP contribution in [0.25, 0.3) is 0 Å². The molecule has 1 saturated heterocycles. The molecule has 1 aromatic carbocycles. The highest BCUT2D eigenvalue weighted by molar-refractivity contribution is 8.00. The molecular formula is C23H27N3O5S. The van der Waals surface area contributed by atoms with E-state index in [1.807, 2.05) is 4.57 Å². The van der Waals surface area contributed by atoms with Crippen molar-refractivity contribution in [2.45, 2.75) is 56.2 Å². The number of aromatic nitrogens is 2. The Morgan fingerprint density at radius 1 is 1.12 bits per heavy atom. The fourth-order valence-electron chi connectivity index (χ4n) is 4.50. The summed E-state index contributed by atoms with van der Waals surface area (Å²) in [6.45, 7) is 2.36. The van der Waals surface area contributed by atoms with Crippen molar-refractivity contribution < 1.29 is 19.0 Å². The standard InChI is InChI=1S/C23H27N3O5S/c27-21(24-15-7-8-19-20(12-15)31-11-10-30-19)14-32-22-17-5-1-2-6-18(17)26(23(28)25-22)13-16-4-3-9-29-16/h7-8,12,16H,1-6,9-11,13-14H2,(H,24,27)/t16-/m0/s1. The smallest absolute Gasteiger partial charge is 0.348 e. The monoisotopic (exact) mass is 457 g/mol. The third-order valence-corrected chi connectivity index (χ3v) is 7.04. The molecule has 32 heavy (non-hydrogen) atoms. The largest absolute Gasteiger partial charge is 0.486 e. The predicted molar refractivity (Wildman–Crippen MR) is 121 cm³/mol. The number of hydrogen-bond acceptors (Lipinski definition) is 7. The minimum absolute atomic E-state index is 0.0933. The molecule has 1 N–H and O–H groups in total. The number of nitrogens with zero attached hydrogens (tertiary/aromatic N) is 2. The molecule has 1 aromatic heterocycles. The Hall–Kier alpha value is -2.52. The van der Waals surface area contributed by atoms with E-state index >= 15 is 0 Å². The second kappa shape index (κ2) is 9.54. The highest BCUT2D eigenvalue weighted by atomic mass is 32.2. The normalized spacial score (nSPS) is 19.4. The molecule has 170 valence electrons. The van der Waals surface area contributed by atoms with Crippen LogP contribution in [0.3, 0.4) is 0 Å². The van der Waals surface area contributed by atoms with Crippen LogP contribution in [-0.4, -0.2) is 47.1 Å². The Kier molecular flexibility index (Phi) is 6.36. The molecule has 1 aliphatic carbocycles. The number of benzene rings is 1. The van der Waals surface area contributed by atoms with Gasteiger partial charge in [0.2, 0.25) is 5.91 Å². The summed E-state index contributed by atoms with van der Waals surface area (Å²) in [7, 11) is 0. The van der Waals surface area contributed by atoms with Gasteiger partial charge in [0.05, 0.1) is 18.4 Å². The van der Waals surface area contributed by atoms with E-state index in [2.05, 4.69) is 10.3 Å². The molecule has 0 unspecified atom stereocenters. The molecule has 5 rings (SSSR count). The van der Waals surface area contributed by atoms with Crippen LogP contribution in [0.2, 0.25) is 0 Å². The van der Waals surface area contributed by atoms with Gasteiger partial charge in [0.1, 0.15) is 18.2 Å². The lowest BCUT2D eigenvalue weighted by molar-refractivity contribution is -0.113. The van der Waals surface area contributed by atoms with Gasteiger partial charge in [0.25, 0.3) is 0 Å². The molecule has 1 amide bonds. The quantitative estimate of drug-likeness (QED) is 0.527. The van der Waals surface area contributed by atoms with Crippen molar-refractivity contribution in [2.24, 2.45) is 0 Å². The molecule has 2 aliphatic heterocycles. The molecule has 0 spiro atoms. The average Bonchev–Trinajstić information content (AvgIpc) is 3.33. The van der Waals surface area contributed by atoms with E-state index in [0.717, 1.165) is 56.4 Å². The zero-order valence-electron chi connectivity index (χ0n) is 17.9. The fraction of sp³-hybridized carbons (Fsp3) is 0.522. The van der Waals surface area contributed by atoms with E-state index in [0.29, 0.717) is 42.0 Å². The zero-order valence-corrected chi connectivity index (χ0v) is 18.7. The van der Waals surface area contributed by atoms with Gasteiger partial charge in [0, 0.05) is 29.6 Å². The lowest BCUT2D eigenvalue weighted by Crippen LogP contribution is -2.34. The Labute approximate surface area is 190 Å². The van der Waals surface area contributed by atoms with Crippen LogP contribution in [0, 0.1) is 0 Å². The molecular weight excluding hydrogens is 430 g/mol. The van der Waals surface area contributed by atoms with E-state index in [1.165, 1.54) is 11.8 Å². The number of carbonyl (C=O) groups is 1. The third-order valence-electron chi connectivity index (χ3n) is 6.03. The van der Waals surface area contributed by atoms with Gasteiger partial charge in [-0.1, -0.05) is 11.8 Å². The van der Waals surface area contributed by atoms with Crippen LogP contribution in [0.15, 0.2) is 28.0 Å². The highest BCUT2D eigenvalue weighted by Crippen LogP contribution is 2.33. The molecule has 1 fully saturated rings. The average molecular weight is 458 g/mol. The lowest BCUT2D eigenvalue weighted by Gasteiger charge is -2.24. The second-order valence-corrected chi connectivity index (χ2v) is 9.24. The summed E-state index contributed by atoms with van der Waals surface area (Å²) >= 11 is 1.33. The highest BCUT2D eigenvalue weighted by Gasteiger charge is 2.24. The molecule has 0 radical (unpaired) electrons. The van der Waals surface area contributed by atoms with Crippen LogP contribution in [0.5, 0.6) is 11.5 Å². The lowest BCUT2D eigenvalue weighted by atomic mass is 9.97. The number of carbonyl (C=O) groups excluding carboxylic acids is 1. The summed E-state index contributed by atoms with van der Waals surface area (Å²) in [6, 6.07) is 5.36. The maximum atomic E-state index is 12.8. The van der Waals surface area contributed by atoms with Crippen molar-refractivity contribution in [3.63, 3.8) is 0 Å². The number of thioether (sulfide) groups is 1. The Morgan fingerprint density at radius 2 is 1.97 bits per heavy atom. The van der Waals surface area contributed by atoms with Gasteiger partial charge in [-0.15, -0.1) is 0 Å². The Bertz CT molecular complexity index is 1060. The first-order valence-corrected chi connectivity index (χ1v) is 12.2. The van der Waals surface area contributed by atoms with Gasteiger partial charge < -0.3 is 19.5 Å². The number of rotatable bonds is 6. The van der Waals surface area contributed by atoms with E-state index in [-0.39, 0.29) is 23.5 Å². The molecule has 0 saturated carbocycles. The number of anilines is 1. The van der Waals surface area contributed by atoms with E-state index in [9.17, 15) is 9.59 Å². The number of hydrogen-bond donors (Lipinski definition) is 1. The molecule has 9 heteroatoms. The van der Waals surface area contributed by atoms with Gasteiger partial charge in [-0.25, -0.2) is 4.79 Å². The zero-order chi connectivity index (χ0) is 21.9. The predicted octanol–water partition coefficient (Wildman–Crippen LogP) is 2.80. The van der Waals surface area contributed by atoms with Crippen LogP contribution >= 0.6 is 11.8 Å². The van der Waals surface area contributed by atoms with Crippen molar-refractivity contribution in [1.29, 1.82) is 0 Å². The maximum absolute atomic E-state index is 12.8. The van der Waals surface area contributed by atoms with Crippen molar-refractivity contribution in [2.75, 3.05) is 30.9 Å².